The summed E-state index contributed by atoms with van der Waals surface area (Å²) < 4.78 is 0.817. The van der Waals surface area contributed by atoms with E-state index in [1.165, 1.54) is 0 Å². The Hall–Kier alpha value is -1.60. The van der Waals surface area contributed by atoms with Gasteiger partial charge in [0.25, 0.3) is 5.56 Å². The second-order valence-electron chi connectivity index (χ2n) is 3.44. The Morgan fingerprint density at radius 3 is 2.69 bits per heavy atom. The Morgan fingerprint density at radius 2 is 2.19 bits per heavy atom. The normalized spacial score (nSPS) is 14.4. The molecule has 1 unspecified atom stereocenters. The van der Waals surface area contributed by atoms with E-state index in [1.54, 1.807) is 0 Å². The van der Waals surface area contributed by atoms with Gasteiger partial charge in [0, 0.05) is 6.20 Å². The van der Waals surface area contributed by atoms with Gasteiger partial charge in [-0.2, -0.15) is 0 Å². The molecule has 0 amide bonds. The summed E-state index contributed by atoms with van der Waals surface area (Å²) in [5.74, 6) is -1.48. The van der Waals surface area contributed by atoms with Crippen LogP contribution in [0.5, 0.6) is 0 Å². The summed E-state index contributed by atoms with van der Waals surface area (Å²) >= 11 is 5.46. The van der Waals surface area contributed by atoms with E-state index in [-0.39, 0.29) is 5.02 Å². The zero-order chi connectivity index (χ0) is 12.5. The summed E-state index contributed by atoms with van der Waals surface area (Å²) in [6, 6.07) is 0. The van der Waals surface area contributed by atoms with E-state index < -0.39 is 29.4 Å². The van der Waals surface area contributed by atoms with Crippen LogP contribution in [0.25, 0.3) is 0 Å². The van der Waals surface area contributed by atoms with E-state index in [9.17, 15) is 19.5 Å². The maximum Gasteiger partial charge on any atom is 0.337 e. The van der Waals surface area contributed by atoms with Gasteiger partial charge < -0.3 is 10.2 Å². The number of hydrogen-bond acceptors (Lipinski definition) is 4. The van der Waals surface area contributed by atoms with Crippen LogP contribution in [0, 0.1) is 0 Å². The maximum atomic E-state index is 11.2. The number of H-pyrrole nitrogens is 1. The molecule has 7 nitrogen and oxygen atoms in total. The molecule has 0 spiro atoms. The third-order valence-electron chi connectivity index (χ3n) is 1.91. The van der Waals surface area contributed by atoms with Gasteiger partial charge in [-0.25, -0.2) is 9.59 Å². The van der Waals surface area contributed by atoms with E-state index in [2.05, 4.69) is 0 Å². The van der Waals surface area contributed by atoms with Crippen molar-refractivity contribution >= 4 is 17.6 Å². The predicted molar refractivity (Wildman–Crippen MR) is 54.6 cm³/mol. The highest BCUT2D eigenvalue weighted by atomic mass is 35.5. The number of carbonyl (C=O) groups is 1. The van der Waals surface area contributed by atoms with Gasteiger partial charge in [0.05, 0.1) is 6.54 Å². The van der Waals surface area contributed by atoms with Crippen LogP contribution in [-0.2, 0) is 11.3 Å². The molecule has 0 bridgehead atoms. The van der Waals surface area contributed by atoms with Crippen molar-refractivity contribution in [2.45, 2.75) is 19.1 Å². The molecule has 0 aliphatic carbocycles. The number of aromatic nitrogens is 2. The van der Waals surface area contributed by atoms with Crippen LogP contribution < -0.4 is 11.2 Å². The predicted octanol–water partition coefficient (Wildman–Crippen LogP) is -0.974. The summed E-state index contributed by atoms with van der Waals surface area (Å²) in [5.41, 5.74) is -3.72. The zero-order valence-corrected chi connectivity index (χ0v) is 8.98. The number of nitrogens with zero attached hydrogens (tertiary/aromatic N) is 1. The van der Waals surface area contributed by atoms with Crippen molar-refractivity contribution < 1.29 is 15.0 Å². The van der Waals surface area contributed by atoms with E-state index in [0.717, 1.165) is 17.7 Å². The number of carboxylic acids is 1. The molecule has 0 aliphatic rings. The third kappa shape index (κ3) is 2.50. The Morgan fingerprint density at radius 1 is 1.62 bits per heavy atom. The van der Waals surface area contributed by atoms with E-state index in [1.807, 2.05) is 4.98 Å². The lowest BCUT2D eigenvalue weighted by molar-refractivity contribution is -0.157. The molecule has 1 aromatic rings. The molecule has 16 heavy (non-hydrogen) atoms. The zero-order valence-electron chi connectivity index (χ0n) is 8.23. The molecule has 0 saturated heterocycles. The maximum absolute atomic E-state index is 11.2. The van der Waals surface area contributed by atoms with Crippen molar-refractivity contribution in [1.82, 2.24) is 9.55 Å². The smallest absolute Gasteiger partial charge is 0.337 e. The average molecular weight is 249 g/mol. The molecule has 1 atom stereocenters. The van der Waals surface area contributed by atoms with Crippen LogP contribution in [-0.4, -0.2) is 31.3 Å². The molecule has 3 N–H and O–H groups in total. The van der Waals surface area contributed by atoms with Crippen LogP contribution >= 0.6 is 11.6 Å². The van der Waals surface area contributed by atoms with Gasteiger partial charge in [-0.15, -0.1) is 0 Å². The fourth-order valence-electron chi connectivity index (χ4n) is 0.999. The lowest BCUT2D eigenvalue weighted by Gasteiger charge is -2.18. The number of aromatic amines is 1. The number of carboxylic acid groups (broad SMARTS) is 1. The van der Waals surface area contributed by atoms with Gasteiger partial charge >= 0.3 is 11.7 Å². The molecule has 0 aliphatic heterocycles. The minimum Gasteiger partial charge on any atom is -0.479 e. The van der Waals surface area contributed by atoms with Gasteiger partial charge in [-0.05, 0) is 6.92 Å². The molecular formula is C8H9ClN2O5. The van der Waals surface area contributed by atoms with Gasteiger partial charge in [0.1, 0.15) is 5.02 Å². The summed E-state index contributed by atoms with van der Waals surface area (Å²) in [5, 5.41) is 17.8. The topological polar surface area (TPSA) is 112 Å². The molecule has 0 aromatic carbocycles. The van der Waals surface area contributed by atoms with E-state index >= 15 is 0 Å². The average Bonchev–Trinajstić information content (AvgIpc) is 2.13. The minimum atomic E-state index is -2.12. The van der Waals surface area contributed by atoms with E-state index in [0.29, 0.717) is 0 Å². The molecule has 8 heteroatoms. The fraction of sp³-hybridized carbons (Fsp3) is 0.375. The number of aliphatic carboxylic acids is 1. The van der Waals surface area contributed by atoms with Crippen molar-refractivity contribution in [3.8, 4) is 0 Å². The largest absolute Gasteiger partial charge is 0.479 e. The number of aliphatic hydroxyl groups is 1. The van der Waals surface area contributed by atoms with Crippen molar-refractivity contribution in [1.29, 1.82) is 0 Å². The monoisotopic (exact) mass is 248 g/mol. The highest BCUT2D eigenvalue weighted by Crippen LogP contribution is 2.06. The molecule has 1 aromatic heterocycles. The number of hydrogen-bond donors (Lipinski definition) is 3. The van der Waals surface area contributed by atoms with Gasteiger partial charge in [-0.1, -0.05) is 11.6 Å². The summed E-state index contributed by atoms with van der Waals surface area (Å²) in [6.45, 7) is 0.512. The van der Waals surface area contributed by atoms with Crippen LogP contribution in [0.2, 0.25) is 5.02 Å². The van der Waals surface area contributed by atoms with Crippen LogP contribution in [0.3, 0.4) is 0 Å². The van der Waals surface area contributed by atoms with Crippen LogP contribution in [0.15, 0.2) is 15.8 Å². The first-order chi connectivity index (χ1) is 7.24. The lowest BCUT2D eigenvalue weighted by atomic mass is 10.1. The number of halogens is 1. The quantitative estimate of drug-likeness (QED) is 0.637. The van der Waals surface area contributed by atoms with Gasteiger partial charge in [-0.3, -0.25) is 14.3 Å². The van der Waals surface area contributed by atoms with Crippen LogP contribution in [0.1, 0.15) is 6.92 Å². The molecule has 1 rings (SSSR count). The Labute approximate surface area is 93.9 Å². The van der Waals surface area contributed by atoms with Gasteiger partial charge in [0.15, 0.2) is 5.60 Å². The van der Waals surface area contributed by atoms with Crippen molar-refractivity contribution in [2.75, 3.05) is 0 Å². The highest BCUT2D eigenvalue weighted by Gasteiger charge is 2.30. The SMILES string of the molecule is CC(O)(Cn1cc(Cl)c(=O)[nH]c1=O)C(=O)O. The van der Waals surface area contributed by atoms with Crippen molar-refractivity contribution in [3.63, 3.8) is 0 Å². The fourth-order valence-corrected chi connectivity index (χ4v) is 1.16. The molecule has 0 saturated carbocycles. The Bertz CT molecular complexity index is 530. The van der Waals surface area contributed by atoms with Crippen molar-refractivity contribution in [3.05, 3.63) is 32.1 Å². The summed E-state index contributed by atoms with van der Waals surface area (Å²) in [4.78, 5) is 34.7. The van der Waals surface area contributed by atoms with Crippen LogP contribution in [0.4, 0.5) is 0 Å². The second-order valence-corrected chi connectivity index (χ2v) is 3.85. The van der Waals surface area contributed by atoms with E-state index in [4.69, 9.17) is 16.7 Å². The Kier molecular flexibility index (Phi) is 3.20. The third-order valence-corrected chi connectivity index (χ3v) is 2.18. The first kappa shape index (κ1) is 12.5. The molecule has 88 valence electrons. The van der Waals surface area contributed by atoms with Gasteiger partial charge in [0.2, 0.25) is 0 Å². The first-order valence-corrected chi connectivity index (χ1v) is 4.57. The lowest BCUT2D eigenvalue weighted by Crippen LogP contribution is -2.43. The number of nitrogens with one attached hydrogen (secondary N) is 1. The number of rotatable bonds is 3. The summed E-state index contributed by atoms with van der Waals surface area (Å²) in [6.07, 6.45) is 0.972. The summed E-state index contributed by atoms with van der Waals surface area (Å²) in [7, 11) is 0. The molecule has 0 fully saturated rings. The molecule has 0 radical (unpaired) electrons. The highest BCUT2D eigenvalue weighted by molar-refractivity contribution is 6.30. The van der Waals surface area contributed by atoms with Crippen molar-refractivity contribution in [2.24, 2.45) is 0 Å². The second kappa shape index (κ2) is 4.11. The minimum absolute atomic E-state index is 0.263. The molecular weight excluding hydrogens is 240 g/mol. The molecule has 1 heterocycles. The first-order valence-electron chi connectivity index (χ1n) is 4.19. The standard InChI is InChI=1S/C8H9ClN2O5/c1-8(16,6(13)14)3-11-2-4(9)5(12)10-7(11)15/h2,16H,3H2,1H3,(H,13,14)(H,10,12,15). The Balaban J connectivity index is 3.17.